The summed E-state index contributed by atoms with van der Waals surface area (Å²) in [6.45, 7) is 3.64. The first-order valence-corrected chi connectivity index (χ1v) is 8.63. The zero-order chi connectivity index (χ0) is 18.0. The fraction of sp³-hybridized carbons (Fsp3) is 0.100. The molecule has 1 amide bonds. The molecular weight excluding hydrogens is 380 g/mol. The second-order valence-corrected chi connectivity index (χ2v) is 6.47. The highest BCUT2D eigenvalue weighted by Gasteiger charge is 2.21. The summed E-state index contributed by atoms with van der Waals surface area (Å²) in [5, 5.41) is 2.79. The molecule has 3 aromatic rings. The highest BCUT2D eigenvalue weighted by atomic mass is 79.9. The Balaban J connectivity index is 2.16. The largest absolute Gasteiger partial charge is 0.322 e. The van der Waals surface area contributed by atoms with Gasteiger partial charge in [-0.25, -0.2) is 0 Å². The van der Waals surface area contributed by atoms with Crippen LogP contribution in [0.15, 0.2) is 69.9 Å². The first-order chi connectivity index (χ1) is 12.0. The van der Waals surface area contributed by atoms with E-state index >= 15 is 0 Å². The van der Waals surface area contributed by atoms with Crippen molar-refractivity contribution >= 4 is 27.5 Å². The Hall–Kier alpha value is -2.66. The summed E-state index contributed by atoms with van der Waals surface area (Å²) in [5.41, 5.74) is 2.72. The van der Waals surface area contributed by atoms with Crippen molar-refractivity contribution in [2.75, 3.05) is 5.32 Å². The molecule has 1 heterocycles. The number of carbonyl (C=O) groups excluding carboxylic acids is 1. The van der Waals surface area contributed by atoms with Crippen LogP contribution in [-0.4, -0.2) is 10.5 Å². The number of rotatable bonds is 3. The lowest BCUT2D eigenvalue weighted by Gasteiger charge is -2.19. The maximum Gasteiger partial charge on any atom is 0.261 e. The third-order valence-electron chi connectivity index (χ3n) is 4.05. The van der Waals surface area contributed by atoms with Crippen molar-refractivity contribution in [3.05, 3.63) is 92.3 Å². The smallest absolute Gasteiger partial charge is 0.261 e. The van der Waals surface area contributed by atoms with Gasteiger partial charge in [0, 0.05) is 22.8 Å². The van der Waals surface area contributed by atoms with Gasteiger partial charge >= 0.3 is 0 Å². The van der Waals surface area contributed by atoms with E-state index in [9.17, 15) is 9.59 Å². The zero-order valence-corrected chi connectivity index (χ0v) is 15.5. The lowest BCUT2D eigenvalue weighted by molar-refractivity contribution is 0.102. The number of hydrogen-bond donors (Lipinski definition) is 1. The van der Waals surface area contributed by atoms with Crippen LogP contribution in [0.5, 0.6) is 0 Å². The zero-order valence-electron chi connectivity index (χ0n) is 13.9. The van der Waals surface area contributed by atoms with Crippen LogP contribution in [0.4, 0.5) is 5.69 Å². The molecule has 0 aliphatic heterocycles. The summed E-state index contributed by atoms with van der Waals surface area (Å²) in [7, 11) is 0. The molecule has 0 fully saturated rings. The standard InChI is InChI=1S/C20H17BrN2O2/c1-13-17(20(25)22-15-9-5-3-6-10-15)19(24)18(21)14(2)23(13)16-11-7-4-8-12-16/h3-12H,1-2H3,(H,22,25). The molecule has 0 aliphatic rings. The van der Waals surface area contributed by atoms with Crippen molar-refractivity contribution in [3.8, 4) is 5.69 Å². The second kappa shape index (κ2) is 7.07. The highest BCUT2D eigenvalue weighted by molar-refractivity contribution is 9.10. The van der Waals surface area contributed by atoms with Crippen LogP contribution in [0.3, 0.4) is 0 Å². The van der Waals surface area contributed by atoms with Gasteiger partial charge in [0.1, 0.15) is 5.56 Å². The van der Waals surface area contributed by atoms with Crippen molar-refractivity contribution in [3.63, 3.8) is 0 Å². The van der Waals surface area contributed by atoms with Gasteiger partial charge in [-0.2, -0.15) is 0 Å². The van der Waals surface area contributed by atoms with E-state index in [1.165, 1.54) is 0 Å². The maximum atomic E-state index is 12.8. The van der Waals surface area contributed by atoms with Gasteiger partial charge in [0.2, 0.25) is 5.43 Å². The van der Waals surface area contributed by atoms with Crippen LogP contribution in [0.1, 0.15) is 21.7 Å². The molecule has 0 radical (unpaired) electrons. The first-order valence-electron chi connectivity index (χ1n) is 7.84. The lowest BCUT2D eigenvalue weighted by Crippen LogP contribution is -2.28. The van der Waals surface area contributed by atoms with Crippen molar-refractivity contribution < 1.29 is 4.79 Å². The highest BCUT2D eigenvalue weighted by Crippen LogP contribution is 2.22. The van der Waals surface area contributed by atoms with E-state index in [1.807, 2.05) is 60.0 Å². The van der Waals surface area contributed by atoms with Gasteiger partial charge in [0.05, 0.1) is 4.47 Å². The Bertz CT molecular complexity index is 980. The third kappa shape index (κ3) is 3.28. The van der Waals surface area contributed by atoms with Crippen molar-refractivity contribution in [2.45, 2.75) is 13.8 Å². The number of benzene rings is 2. The Labute approximate surface area is 154 Å². The van der Waals surface area contributed by atoms with E-state index in [0.717, 1.165) is 11.4 Å². The van der Waals surface area contributed by atoms with Gasteiger partial charge in [-0.1, -0.05) is 36.4 Å². The Morgan fingerprint density at radius 2 is 1.48 bits per heavy atom. The number of amides is 1. The van der Waals surface area contributed by atoms with Crippen LogP contribution in [0.2, 0.25) is 0 Å². The number of halogens is 1. The first kappa shape index (κ1) is 17.2. The number of para-hydroxylation sites is 2. The fourth-order valence-electron chi connectivity index (χ4n) is 2.85. The number of pyridine rings is 1. The number of anilines is 1. The summed E-state index contributed by atoms with van der Waals surface area (Å²) in [6, 6.07) is 18.7. The van der Waals surface area contributed by atoms with Gasteiger partial charge in [0.25, 0.3) is 5.91 Å². The third-order valence-corrected chi connectivity index (χ3v) is 4.98. The van der Waals surface area contributed by atoms with E-state index in [1.54, 1.807) is 19.1 Å². The molecule has 0 saturated carbocycles. The van der Waals surface area contributed by atoms with Crippen molar-refractivity contribution in [2.24, 2.45) is 0 Å². The minimum Gasteiger partial charge on any atom is -0.322 e. The SMILES string of the molecule is Cc1c(Br)c(=O)c(C(=O)Nc2ccccc2)c(C)n1-c1ccccc1. The minimum absolute atomic E-state index is 0.130. The van der Waals surface area contributed by atoms with Crippen LogP contribution in [0.25, 0.3) is 5.69 Å². The van der Waals surface area contributed by atoms with E-state index in [-0.39, 0.29) is 11.0 Å². The van der Waals surface area contributed by atoms with Crippen LogP contribution in [-0.2, 0) is 0 Å². The minimum atomic E-state index is -0.418. The average molecular weight is 397 g/mol. The Morgan fingerprint density at radius 1 is 0.920 bits per heavy atom. The van der Waals surface area contributed by atoms with Gasteiger partial charge in [-0.15, -0.1) is 0 Å². The molecule has 0 spiro atoms. The molecule has 0 saturated heterocycles. The molecule has 0 atom stereocenters. The predicted octanol–water partition coefficient (Wildman–Crippen LogP) is 4.47. The summed E-state index contributed by atoms with van der Waals surface area (Å²) in [6.07, 6.45) is 0. The molecule has 2 aromatic carbocycles. The monoisotopic (exact) mass is 396 g/mol. The van der Waals surface area contributed by atoms with Gasteiger partial charge in [-0.3, -0.25) is 9.59 Å². The van der Waals surface area contributed by atoms with E-state index in [4.69, 9.17) is 0 Å². The molecule has 3 rings (SSSR count). The van der Waals surface area contributed by atoms with E-state index in [2.05, 4.69) is 21.2 Å². The molecule has 0 unspecified atom stereocenters. The van der Waals surface area contributed by atoms with Gasteiger partial charge in [-0.05, 0) is 54.0 Å². The second-order valence-electron chi connectivity index (χ2n) is 5.68. The van der Waals surface area contributed by atoms with Crippen LogP contribution >= 0.6 is 15.9 Å². The van der Waals surface area contributed by atoms with Gasteiger partial charge < -0.3 is 9.88 Å². The molecule has 1 N–H and O–H groups in total. The number of carbonyl (C=O) groups is 1. The molecular formula is C20H17BrN2O2. The molecule has 0 bridgehead atoms. The Kier molecular flexibility index (Phi) is 4.86. The van der Waals surface area contributed by atoms with Gasteiger partial charge in [0.15, 0.2) is 0 Å². The predicted molar refractivity (Wildman–Crippen MR) is 104 cm³/mol. The quantitative estimate of drug-likeness (QED) is 0.709. The molecule has 4 nitrogen and oxygen atoms in total. The number of nitrogens with one attached hydrogen (secondary N) is 1. The van der Waals surface area contributed by atoms with Crippen molar-refractivity contribution in [1.29, 1.82) is 0 Å². The molecule has 1 aromatic heterocycles. The number of aromatic nitrogens is 1. The number of nitrogens with zero attached hydrogens (tertiary/aromatic N) is 1. The normalized spacial score (nSPS) is 10.5. The van der Waals surface area contributed by atoms with Crippen molar-refractivity contribution in [1.82, 2.24) is 4.57 Å². The lowest BCUT2D eigenvalue weighted by atomic mass is 10.1. The van der Waals surface area contributed by atoms with Crippen LogP contribution in [0, 0.1) is 13.8 Å². The molecule has 25 heavy (non-hydrogen) atoms. The summed E-state index contributed by atoms with van der Waals surface area (Å²) >= 11 is 3.35. The molecule has 0 aliphatic carbocycles. The fourth-order valence-corrected chi connectivity index (χ4v) is 3.22. The van der Waals surface area contributed by atoms with Crippen LogP contribution < -0.4 is 10.7 Å². The van der Waals surface area contributed by atoms with E-state index < -0.39 is 5.91 Å². The number of hydrogen-bond acceptors (Lipinski definition) is 2. The molecule has 5 heteroatoms. The summed E-state index contributed by atoms with van der Waals surface area (Å²) < 4.78 is 2.30. The molecule has 126 valence electrons. The summed E-state index contributed by atoms with van der Waals surface area (Å²) in [4.78, 5) is 25.5. The Morgan fingerprint density at radius 3 is 2.08 bits per heavy atom. The topological polar surface area (TPSA) is 51.1 Å². The van der Waals surface area contributed by atoms with E-state index in [0.29, 0.717) is 15.9 Å². The summed E-state index contributed by atoms with van der Waals surface area (Å²) in [5.74, 6) is -0.418. The maximum absolute atomic E-state index is 12.8. The average Bonchev–Trinajstić information content (AvgIpc) is 2.62.